The van der Waals surface area contributed by atoms with Crippen molar-refractivity contribution in [2.24, 2.45) is 0 Å². The molecule has 23 heavy (non-hydrogen) atoms. The highest BCUT2D eigenvalue weighted by Crippen LogP contribution is 2.35. The van der Waals surface area contributed by atoms with Crippen LogP contribution < -0.4 is 20.1 Å². The highest BCUT2D eigenvalue weighted by Gasteiger charge is 2.12. The Morgan fingerprint density at radius 2 is 1.65 bits per heavy atom. The predicted molar refractivity (Wildman–Crippen MR) is 93.1 cm³/mol. The third-order valence-electron chi connectivity index (χ3n) is 3.49. The van der Waals surface area contributed by atoms with E-state index in [9.17, 15) is 4.79 Å². The van der Waals surface area contributed by atoms with Crippen molar-refractivity contribution in [3.63, 3.8) is 0 Å². The van der Waals surface area contributed by atoms with Gasteiger partial charge in [-0.05, 0) is 37.1 Å². The molecule has 0 radical (unpaired) electrons. The molecule has 0 atom stereocenters. The van der Waals surface area contributed by atoms with Gasteiger partial charge in [0.2, 0.25) is 0 Å². The van der Waals surface area contributed by atoms with Gasteiger partial charge in [0, 0.05) is 17.8 Å². The Hall–Kier alpha value is -2.40. The summed E-state index contributed by atoms with van der Waals surface area (Å²) in [7, 11) is 3.01. The van der Waals surface area contributed by atoms with Gasteiger partial charge in [0.05, 0.1) is 24.9 Å². The number of amides is 2. The van der Waals surface area contributed by atoms with E-state index in [4.69, 9.17) is 21.1 Å². The zero-order valence-corrected chi connectivity index (χ0v) is 14.2. The molecule has 2 aromatic carbocycles. The van der Waals surface area contributed by atoms with E-state index in [1.807, 2.05) is 32.0 Å². The largest absolute Gasteiger partial charge is 0.495 e. The van der Waals surface area contributed by atoms with Gasteiger partial charge in [-0.15, -0.1) is 0 Å². The Bertz CT molecular complexity index is 732. The minimum Gasteiger partial charge on any atom is -0.495 e. The lowest BCUT2D eigenvalue weighted by atomic mass is 10.1. The van der Waals surface area contributed by atoms with Crippen molar-refractivity contribution >= 4 is 29.0 Å². The van der Waals surface area contributed by atoms with Crippen molar-refractivity contribution in [3.05, 3.63) is 46.5 Å². The van der Waals surface area contributed by atoms with Gasteiger partial charge < -0.3 is 20.1 Å². The van der Waals surface area contributed by atoms with E-state index < -0.39 is 0 Å². The fourth-order valence-electron chi connectivity index (χ4n) is 2.06. The molecule has 0 fully saturated rings. The van der Waals surface area contributed by atoms with Crippen molar-refractivity contribution in [2.45, 2.75) is 13.8 Å². The molecule has 2 N–H and O–H groups in total. The standard InChI is InChI=1S/C17H19ClN2O3/c1-10-5-6-12(7-11(10)2)19-17(21)20-14-9-15(22-3)13(18)8-16(14)23-4/h5-9H,1-4H3,(H2,19,20,21). The highest BCUT2D eigenvalue weighted by atomic mass is 35.5. The van der Waals surface area contributed by atoms with Crippen LogP contribution in [0.15, 0.2) is 30.3 Å². The summed E-state index contributed by atoms with van der Waals surface area (Å²) in [5.74, 6) is 0.903. The number of halogens is 1. The molecular weight excluding hydrogens is 316 g/mol. The number of nitrogens with one attached hydrogen (secondary N) is 2. The van der Waals surface area contributed by atoms with Crippen LogP contribution in [0.5, 0.6) is 11.5 Å². The predicted octanol–water partition coefficient (Wildman–Crippen LogP) is 4.62. The molecule has 0 saturated heterocycles. The molecule has 2 rings (SSSR count). The number of methoxy groups -OCH3 is 2. The van der Waals surface area contributed by atoms with Gasteiger partial charge in [0.25, 0.3) is 0 Å². The average Bonchev–Trinajstić information content (AvgIpc) is 2.52. The molecule has 2 aromatic rings. The van der Waals surface area contributed by atoms with Crippen LogP contribution in [0, 0.1) is 13.8 Å². The Kier molecular flexibility index (Phi) is 5.34. The number of ether oxygens (including phenoxy) is 2. The number of carbonyl (C=O) groups excluding carboxylic acids is 1. The second-order valence-corrected chi connectivity index (χ2v) is 5.47. The number of carbonyl (C=O) groups is 1. The van der Waals surface area contributed by atoms with Crippen LogP contribution in [0.1, 0.15) is 11.1 Å². The first-order valence-electron chi connectivity index (χ1n) is 7.01. The fraction of sp³-hybridized carbons (Fsp3) is 0.235. The summed E-state index contributed by atoms with van der Waals surface area (Å²) in [4.78, 5) is 12.2. The molecule has 0 heterocycles. The number of anilines is 2. The lowest BCUT2D eigenvalue weighted by Crippen LogP contribution is -2.20. The number of hydrogen-bond donors (Lipinski definition) is 2. The molecular formula is C17H19ClN2O3. The van der Waals surface area contributed by atoms with Crippen molar-refractivity contribution < 1.29 is 14.3 Å². The van der Waals surface area contributed by atoms with Gasteiger partial charge in [-0.1, -0.05) is 17.7 Å². The van der Waals surface area contributed by atoms with Crippen LogP contribution in [0.3, 0.4) is 0 Å². The van der Waals surface area contributed by atoms with E-state index >= 15 is 0 Å². The molecule has 122 valence electrons. The Morgan fingerprint density at radius 1 is 0.957 bits per heavy atom. The fourth-order valence-corrected chi connectivity index (χ4v) is 2.29. The molecule has 0 unspecified atom stereocenters. The first-order chi connectivity index (χ1) is 10.9. The van der Waals surface area contributed by atoms with E-state index in [0.717, 1.165) is 5.56 Å². The summed E-state index contributed by atoms with van der Waals surface area (Å²) in [5, 5.41) is 5.92. The van der Waals surface area contributed by atoms with Gasteiger partial charge in [-0.3, -0.25) is 0 Å². The summed E-state index contributed by atoms with van der Waals surface area (Å²) in [5.41, 5.74) is 3.45. The second kappa shape index (κ2) is 7.24. The topological polar surface area (TPSA) is 59.6 Å². The molecule has 2 amide bonds. The Labute approximate surface area is 140 Å². The van der Waals surface area contributed by atoms with Crippen LogP contribution in [0.2, 0.25) is 5.02 Å². The molecule has 6 heteroatoms. The summed E-state index contributed by atoms with van der Waals surface area (Å²) >= 11 is 6.05. The van der Waals surface area contributed by atoms with Crippen LogP contribution in [0.25, 0.3) is 0 Å². The third kappa shape index (κ3) is 4.07. The maximum absolute atomic E-state index is 12.2. The van der Waals surface area contributed by atoms with Crippen LogP contribution >= 0.6 is 11.6 Å². The van der Waals surface area contributed by atoms with Crippen LogP contribution in [-0.2, 0) is 0 Å². The number of hydrogen-bond acceptors (Lipinski definition) is 3. The van der Waals surface area contributed by atoms with E-state index in [1.54, 1.807) is 12.1 Å². The molecule has 0 bridgehead atoms. The average molecular weight is 335 g/mol. The number of rotatable bonds is 4. The summed E-state index contributed by atoms with van der Waals surface area (Å²) < 4.78 is 10.4. The van der Waals surface area contributed by atoms with Crippen molar-refractivity contribution in [1.29, 1.82) is 0 Å². The molecule has 0 aliphatic rings. The van der Waals surface area contributed by atoms with Gasteiger partial charge in [0.15, 0.2) is 0 Å². The summed E-state index contributed by atoms with van der Waals surface area (Å²) in [6.07, 6.45) is 0. The van der Waals surface area contributed by atoms with E-state index in [0.29, 0.717) is 27.9 Å². The zero-order valence-electron chi connectivity index (χ0n) is 13.5. The van der Waals surface area contributed by atoms with Crippen LogP contribution in [-0.4, -0.2) is 20.3 Å². The number of aryl methyl sites for hydroxylation is 2. The van der Waals surface area contributed by atoms with Gasteiger partial charge >= 0.3 is 6.03 Å². The summed E-state index contributed by atoms with van der Waals surface area (Å²) in [6, 6.07) is 8.54. The van der Waals surface area contributed by atoms with Crippen molar-refractivity contribution in [1.82, 2.24) is 0 Å². The quantitative estimate of drug-likeness (QED) is 0.857. The molecule has 0 aromatic heterocycles. The Balaban J connectivity index is 2.17. The third-order valence-corrected chi connectivity index (χ3v) is 3.78. The van der Waals surface area contributed by atoms with Crippen molar-refractivity contribution in [3.8, 4) is 11.5 Å². The maximum atomic E-state index is 12.2. The first kappa shape index (κ1) is 17.0. The summed E-state index contributed by atoms with van der Waals surface area (Å²) in [6.45, 7) is 4.01. The van der Waals surface area contributed by atoms with Gasteiger partial charge in [-0.25, -0.2) is 4.79 Å². The molecule has 0 saturated carbocycles. The lowest BCUT2D eigenvalue weighted by molar-refractivity contribution is 0.262. The monoisotopic (exact) mass is 334 g/mol. The molecule has 5 nitrogen and oxygen atoms in total. The molecule has 0 aliphatic carbocycles. The minimum atomic E-state index is -0.379. The van der Waals surface area contributed by atoms with Gasteiger partial charge in [0.1, 0.15) is 11.5 Å². The van der Waals surface area contributed by atoms with Crippen molar-refractivity contribution in [2.75, 3.05) is 24.9 Å². The number of urea groups is 1. The first-order valence-corrected chi connectivity index (χ1v) is 7.39. The molecule has 0 spiro atoms. The number of benzene rings is 2. The van der Waals surface area contributed by atoms with E-state index in [2.05, 4.69) is 10.6 Å². The van der Waals surface area contributed by atoms with E-state index in [-0.39, 0.29) is 6.03 Å². The SMILES string of the molecule is COc1cc(NC(=O)Nc2ccc(C)c(C)c2)c(OC)cc1Cl. The zero-order chi connectivity index (χ0) is 17.0. The van der Waals surface area contributed by atoms with Gasteiger partial charge in [-0.2, -0.15) is 0 Å². The maximum Gasteiger partial charge on any atom is 0.323 e. The Morgan fingerprint density at radius 3 is 2.26 bits per heavy atom. The smallest absolute Gasteiger partial charge is 0.323 e. The molecule has 0 aliphatic heterocycles. The minimum absolute atomic E-state index is 0.379. The lowest BCUT2D eigenvalue weighted by Gasteiger charge is -2.14. The second-order valence-electron chi connectivity index (χ2n) is 5.07. The highest BCUT2D eigenvalue weighted by molar-refractivity contribution is 6.32. The van der Waals surface area contributed by atoms with Crippen LogP contribution in [0.4, 0.5) is 16.2 Å². The van der Waals surface area contributed by atoms with E-state index in [1.165, 1.54) is 19.8 Å². The normalized spacial score (nSPS) is 10.1.